The van der Waals surface area contributed by atoms with E-state index < -0.39 is 0 Å². The maximum absolute atomic E-state index is 3.30. The standard InChI is InChI=1S/C52H34N2/c1-3-15-43-35-47(33-27-37(43)11-1)53(51-21-9-17-41-13-5-7-19-49(41)51)45-29-23-39(24-30-45)40-25-31-46(32-26-40)54(48-34-28-38-12-2-4-16-44(38)36-48)52-22-10-18-42-14-6-8-20-50(42)52/h1-5,7-13,15-36H. The lowest BCUT2D eigenvalue weighted by atomic mass is 10.0. The van der Waals surface area contributed by atoms with Gasteiger partial charge in [0.1, 0.15) is 0 Å². The summed E-state index contributed by atoms with van der Waals surface area (Å²) in [7, 11) is 0. The summed E-state index contributed by atoms with van der Waals surface area (Å²) in [4.78, 5) is 4.73. The summed E-state index contributed by atoms with van der Waals surface area (Å²) in [6.45, 7) is 0. The molecule has 10 aromatic rings. The van der Waals surface area contributed by atoms with Gasteiger partial charge in [0, 0.05) is 38.9 Å². The Balaban J connectivity index is 1.04. The Hall–Kier alpha value is -7.34. The van der Waals surface area contributed by atoms with Crippen molar-refractivity contribution in [1.29, 1.82) is 0 Å². The Morgan fingerprint density at radius 2 is 0.778 bits per heavy atom. The molecule has 0 N–H and O–H groups in total. The Kier molecular flexibility index (Phi) is 7.75. The zero-order valence-electron chi connectivity index (χ0n) is 29.5. The van der Waals surface area contributed by atoms with Gasteiger partial charge in [0.25, 0.3) is 0 Å². The minimum absolute atomic E-state index is 1.04. The largest absolute Gasteiger partial charge is 0.310 e. The van der Waals surface area contributed by atoms with E-state index in [1.807, 2.05) is 6.07 Å². The van der Waals surface area contributed by atoms with E-state index in [0.717, 1.165) is 56.0 Å². The third-order valence-electron chi connectivity index (χ3n) is 10.4. The first-order valence-electron chi connectivity index (χ1n) is 18.3. The van der Waals surface area contributed by atoms with Crippen molar-refractivity contribution in [3.63, 3.8) is 0 Å². The molecule has 0 aliphatic rings. The van der Waals surface area contributed by atoms with E-state index in [1.54, 1.807) is 0 Å². The highest BCUT2D eigenvalue weighted by molar-refractivity contribution is 6.01. The van der Waals surface area contributed by atoms with E-state index in [4.69, 9.17) is 0 Å². The van der Waals surface area contributed by atoms with Gasteiger partial charge < -0.3 is 9.80 Å². The highest BCUT2D eigenvalue weighted by Crippen LogP contribution is 2.42. The molecule has 10 aromatic carbocycles. The van der Waals surface area contributed by atoms with E-state index in [-0.39, 0.29) is 0 Å². The average molecular weight is 687 g/mol. The van der Waals surface area contributed by atoms with Crippen LogP contribution in [0.2, 0.25) is 0 Å². The maximum Gasteiger partial charge on any atom is 0.0546 e. The van der Waals surface area contributed by atoms with E-state index in [1.165, 1.54) is 32.3 Å². The monoisotopic (exact) mass is 686 g/mol. The summed E-state index contributed by atoms with van der Waals surface area (Å²) in [5.41, 5.74) is 9.00. The van der Waals surface area contributed by atoms with Crippen LogP contribution in [0.15, 0.2) is 206 Å². The van der Waals surface area contributed by atoms with Crippen LogP contribution in [-0.2, 0) is 0 Å². The first kappa shape index (κ1) is 31.4. The predicted octanol–water partition coefficient (Wildman–Crippen LogP) is 14.5. The van der Waals surface area contributed by atoms with Crippen LogP contribution < -0.4 is 9.80 Å². The summed E-state index contributed by atoms with van der Waals surface area (Å²) >= 11 is 0. The van der Waals surface area contributed by atoms with Crippen molar-refractivity contribution in [3.8, 4) is 11.1 Å². The molecule has 0 fully saturated rings. The van der Waals surface area contributed by atoms with Gasteiger partial charge in [-0.05, 0) is 117 Å². The van der Waals surface area contributed by atoms with Gasteiger partial charge in [-0.2, -0.15) is 0 Å². The highest BCUT2D eigenvalue weighted by Gasteiger charge is 2.18. The van der Waals surface area contributed by atoms with Crippen molar-refractivity contribution >= 4 is 77.2 Å². The molecule has 0 saturated heterocycles. The van der Waals surface area contributed by atoms with Crippen molar-refractivity contribution in [2.75, 3.05) is 9.80 Å². The molecule has 0 aliphatic heterocycles. The molecule has 0 aromatic heterocycles. The van der Waals surface area contributed by atoms with Crippen LogP contribution in [0.4, 0.5) is 34.1 Å². The smallest absolute Gasteiger partial charge is 0.0546 e. The van der Waals surface area contributed by atoms with Crippen molar-refractivity contribution in [3.05, 3.63) is 218 Å². The SMILES string of the molecule is c1ccc2c(N(c3ccc(-c4ccc(N(c5ccc6ccccc6c5)c5cccc6ccccc56)cc4)cc3)c3ccc4ccccc4c3)cccc2c#1. The van der Waals surface area contributed by atoms with Gasteiger partial charge in [-0.3, -0.25) is 0 Å². The van der Waals surface area contributed by atoms with Gasteiger partial charge in [0.15, 0.2) is 0 Å². The second kappa shape index (κ2) is 13.3. The van der Waals surface area contributed by atoms with Crippen molar-refractivity contribution in [2.45, 2.75) is 0 Å². The number of anilines is 6. The van der Waals surface area contributed by atoms with Crippen molar-refractivity contribution in [1.82, 2.24) is 0 Å². The van der Waals surface area contributed by atoms with Gasteiger partial charge >= 0.3 is 0 Å². The van der Waals surface area contributed by atoms with Gasteiger partial charge in [0.2, 0.25) is 0 Å². The molecule has 10 rings (SSSR count). The van der Waals surface area contributed by atoms with Crippen LogP contribution in [0.1, 0.15) is 0 Å². The quantitative estimate of drug-likeness (QED) is 0.165. The number of hydrogen-bond acceptors (Lipinski definition) is 2. The summed E-state index contributed by atoms with van der Waals surface area (Å²) in [6, 6.07) is 80.5. The first-order chi connectivity index (χ1) is 26.8. The summed E-state index contributed by atoms with van der Waals surface area (Å²) < 4.78 is 0. The molecule has 0 aliphatic carbocycles. The predicted molar refractivity (Wildman–Crippen MR) is 229 cm³/mol. The normalized spacial score (nSPS) is 11.2. The Morgan fingerprint density at radius 3 is 1.37 bits per heavy atom. The minimum Gasteiger partial charge on any atom is -0.310 e. The van der Waals surface area contributed by atoms with Crippen LogP contribution in [-0.4, -0.2) is 0 Å². The molecule has 0 atom stereocenters. The number of fused-ring (bicyclic) bond motifs is 4. The second-order valence-corrected chi connectivity index (χ2v) is 13.7. The van der Waals surface area contributed by atoms with E-state index in [2.05, 4.69) is 222 Å². The van der Waals surface area contributed by atoms with Crippen LogP contribution in [0, 0.1) is 12.1 Å². The van der Waals surface area contributed by atoms with Crippen molar-refractivity contribution in [2.24, 2.45) is 0 Å². The van der Waals surface area contributed by atoms with Gasteiger partial charge in [0.05, 0.1) is 11.4 Å². The second-order valence-electron chi connectivity index (χ2n) is 13.7. The van der Waals surface area contributed by atoms with Crippen LogP contribution in [0.3, 0.4) is 0 Å². The molecule has 2 heteroatoms. The zero-order valence-corrected chi connectivity index (χ0v) is 29.5. The molecule has 54 heavy (non-hydrogen) atoms. The molecule has 0 radical (unpaired) electrons. The number of hydrogen-bond donors (Lipinski definition) is 0. The fourth-order valence-corrected chi connectivity index (χ4v) is 7.77. The Labute approximate surface area is 315 Å². The molecular formula is C52H34N2. The number of benzene rings is 9. The van der Waals surface area contributed by atoms with Gasteiger partial charge in [-0.15, -0.1) is 0 Å². The fourth-order valence-electron chi connectivity index (χ4n) is 7.77. The van der Waals surface area contributed by atoms with Gasteiger partial charge in [-0.25, -0.2) is 0 Å². The van der Waals surface area contributed by atoms with Crippen LogP contribution >= 0.6 is 0 Å². The maximum atomic E-state index is 3.30. The lowest BCUT2D eigenvalue weighted by Gasteiger charge is -2.28. The molecule has 0 unspecified atom stereocenters. The molecule has 2 nitrogen and oxygen atoms in total. The number of rotatable bonds is 7. The first-order valence-corrected chi connectivity index (χ1v) is 18.3. The summed E-state index contributed by atoms with van der Waals surface area (Å²) in [5.74, 6) is 0. The molecule has 0 heterocycles. The molecule has 0 saturated carbocycles. The lowest BCUT2D eigenvalue weighted by molar-refractivity contribution is 1.30. The molecule has 0 spiro atoms. The van der Waals surface area contributed by atoms with E-state index in [0.29, 0.717) is 0 Å². The summed E-state index contributed by atoms with van der Waals surface area (Å²) in [5, 5.41) is 9.48. The Morgan fingerprint density at radius 1 is 0.315 bits per heavy atom. The van der Waals surface area contributed by atoms with E-state index in [9.17, 15) is 0 Å². The lowest BCUT2D eigenvalue weighted by Crippen LogP contribution is -2.10. The number of nitrogens with zero attached hydrogens (tertiary/aromatic N) is 2. The highest BCUT2D eigenvalue weighted by atomic mass is 15.1. The van der Waals surface area contributed by atoms with Crippen molar-refractivity contribution < 1.29 is 0 Å². The molecular weight excluding hydrogens is 653 g/mol. The van der Waals surface area contributed by atoms with Gasteiger partial charge in [-0.1, -0.05) is 140 Å². The minimum atomic E-state index is 1.04. The Bertz CT molecular complexity index is 2730. The summed E-state index contributed by atoms with van der Waals surface area (Å²) in [6.07, 6.45) is 0. The van der Waals surface area contributed by atoms with E-state index >= 15 is 0 Å². The van der Waals surface area contributed by atoms with Crippen LogP contribution in [0.5, 0.6) is 0 Å². The van der Waals surface area contributed by atoms with Crippen LogP contribution in [0.25, 0.3) is 54.2 Å². The third-order valence-corrected chi connectivity index (χ3v) is 10.4. The topological polar surface area (TPSA) is 6.48 Å². The molecule has 0 bridgehead atoms. The molecule has 252 valence electrons. The fraction of sp³-hybridized carbons (Fsp3) is 0. The molecule has 0 amide bonds. The third kappa shape index (κ3) is 5.66. The zero-order chi connectivity index (χ0) is 35.8. The average Bonchev–Trinajstić information content (AvgIpc) is 3.24.